The molecule has 2 aliphatic heterocycles. The standard InChI is InChI=1S/C43H64N4O4/c1-26(2)32-16-11-17-33(27(3)4)40(32)44-42(48)38-24-30-14-9-20-36(30)46(38,50)22-13-23-47(51)37-21-10-15-31(37)25-39(47)43(49)45-41-34(28(5)6)18-12-19-35(41)29(7)8/h11-12,16-19,26-31,36-39H,9-10,13-15,20-25H2,1-8H3,(H,44,48)(H,45,49)/t30-,31-,36-,37-,38-,39-,46?,47?/m0/s1. The van der Waals surface area contributed by atoms with Gasteiger partial charge >= 0.3 is 0 Å². The van der Waals surface area contributed by atoms with Gasteiger partial charge in [0, 0.05) is 55.3 Å². The zero-order valence-corrected chi connectivity index (χ0v) is 32.5. The first-order valence-corrected chi connectivity index (χ1v) is 20.2. The molecular formula is C43H64N4O4. The van der Waals surface area contributed by atoms with Gasteiger partial charge in [0.2, 0.25) is 0 Å². The van der Waals surface area contributed by atoms with Crippen molar-refractivity contribution in [3.05, 3.63) is 69.1 Å². The van der Waals surface area contributed by atoms with Gasteiger partial charge in [-0.05, 0) is 71.6 Å². The van der Waals surface area contributed by atoms with E-state index in [0.717, 1.165) is 72.2 Å². The number of hydroxylamine groups is 6. The van der Waals surface area contributed by atoms with Crippen molar-refractivity contribution in [3.8, 4) is 0 Å². The van der Waals surface area contributed by atoms with Crippen LogP contribution in [0.2, 0.25) is 0 Å². The Morgan fingerprint density at radius 3 is 1.25 bits per heavy atom. The Morgan fingerprint density at radius 2 is 0.941 bits per heavy atom. The first-order chi connectivity index (χ1) is 24.2. The van der Waals surface area contributed by atoms with Gasteiger partial charge in [-0.1, -0.05) is 91.8 Å². The first-order valence-electron chi connectivity index (χ1n) is 20.2. The maximum Gasteiger partial charge on any atom is 0.283 e. The van der Waals surface area contributed by atoms with E-state index in [1.54, 1.807) is 0 Å². The Hall–Kier alpha value is -2.78. The molecule has 2 saturated heterocycles. The minimum absolute atomic E-state index is 0.107. The molecule has 2 aromatic rings. The van der Waals surface area contributed by atoms with E-state index in [9.17, 15) is 9.59 Å². The summed E-state index contributed by atoms with van der Waals surface area (Å²) in [5.41, 5.74) is 6.09. The van der Waals surface area contributed by atoms with Crippen molar-refractivity contribution in [2.75, 3.05) is 23.7 Å². The van der Waals surface area contributed by atoms with Crippen LogP contribution < -0.4 is 10.6 Å². The summed E-state index contributed by atoms with van der Waals surface area (Å²) in [5, 5.41) is 36.9. The Morgan fingerprint density at radius 1 is 0.608 bits per heavy atom. The van der Waals surface area contributed by atoms with Crippen molar-refractivity contribution in [2.24, 2.45) is 11.8 Å². The molecule has 8 heteroatoms. The highest BCUT2D eigenvalue weighted by Gasteiger charge is 2.57. The average molecular weight is 701 g/mol. The van der Waals surface area contributed by atoms with Gasteiger partial charge < -0.3 is 30.3 Å². The number of amides is 2. The van der Waals surface area contributed by atoms with Crippen LogP contribution in [0.5, 0.6) is 0 Å². The Bertz CT molecular complexity index is 1420. The summed E-state index contributed by atoms with van der Waals surface area (Å²) < 4.78 is -1.08. The van der Waals surface area contributed by atoms with Crippen molar-refractivity contribution >= 4 is 23.2 Å². The van der Waals surface area contributed by atoms with Crippen LogP contribution in [0.4, 0.5) is 11.4 Å². The molecular weight excluding hydrogens is 636 g/mol. The summed E-state index contributed by atoms with van der Waals surface area (Å²) in [6.07, 6.45) is 7.28. The lowest BCUT2D eigenvalue weighted by molar-refractivity contribution is -0.926. The van der Waals surface area contributed by atoms with E-state index in [1.165, 1.54) is 0 Å². The van der Waals surface area contributed by atoms with Crippen LogP contribution in [-0.2, 0) is 9.59 Å². The van der Waals surface area contributed by atoms with Crippen LogP contribution in [0, 0.1) is 22.3 Å². The average Bonchev–Trinajstić information content (AvgIpc) is 3.85. The molecule has 0 aromatic heterocycles. The van der Waals surface area contributed by atoms with Gasteiger partial charge in [0.05, 0.1) is 25.2 Å². The molecule has 2 heterocycles. The van der Waals surface area contributed by atoms with Gasteiger partial charge in [0.1, 0.15) is 0 Å². The third-order valence-corrected chi connectivity index (χ3v) is 13.3. The number of hydrogen-bond donors (Lipinski definition) is 2. The second-order valence-electron chi connectivity index (χ2n) is 17.7. The van der Waals surface area contributed by atoms with E-state index >= 15 is 10.4 Å². The first kappa shape index (κ1) is 38.0. The quantitative estimate of drug-likeness (QED) is 0.170. The van der Waals surface area contributed by atoms with Gasteiger partial charge in [-0.2, -0.15) is 0 Å². The zero-order chi connectivity index (χ0) is 36.8. The number of nitrogens with one attached hydrogen (secondary N) is 2. The van der Waals surface area contributed by atoms with E-state index in [-0.39, 0.29) is 72.5 Å². The Kier molecular flexibility index (Phi) is 11.1. The molecule has 2 amide bonds. The third-order valence-electron chi connectivity index (χ3n) is 13.3. The molecule has 8 nitrogen and oxygen atoms in total. The lowest BCUT2D eigenvalue weighted by Gasteiger charge is -2.51. The normalized spacial score (nSPS) is 31.6. The van der Waals surface area contributed by atoms with Crippen LogP contribution >= 0.6 is 0 Å². The van der Waals surface area contributed by atoms with Crippen molar-refractivity contribution in [2.45, 2.75) is 161 Å². The van der Waals surface area contributed by atoms with E-state index < -0.39 is 21.4 Å². The second kappa shape index (κ2) is 14.9. The number of rotatable bonds is 12. The molecule has 0 bridgehead atoms. The van der Waals surface area contributed by atoms with Crippen molar-refractivity contribution in [3.63, 3.8) is 0 Å². The minimum atomic E-state index is -0.695. The topological polar surface area (TPSA) is 104 Å². The fraction of sp³-hybridized carbons (Fsp3) is 0.674. The number of carbonyl (C=O) groups is 2. The van der Waals surface area contributed by atoms with Crippen LogP contribution in [0.1, 0.15) is 159 Å². The highest BCUT2D eigenvalue weighted by molar-refractivity contribution is 5.96. The molecule has 4 aliphatic rings. The van der Waals surface area contributed by atoms with Gasteiger partial charge in [-0.15, -0.1) is 0 Å². The number of nitrogens with zero attached hydrogens (tertiary/aromatic N) is 2. The van der Waals surface area contributed by atoms with Crippen LogP contribution in [0.15, 0.2) is 36.4 Å². The molecule has 51 heavy (non-hydrogen) atoms. The van der Waals surface area contributed by atoms with Crippen LogP contribution in [-0.4, -0.2) is 58.4 Å². The molecule has 0 spiro atoms. The molecule has 2 N–H and O–H groups in total. The molecule has 2 aliphatic carbocycles. The van der Waals surface area contributed by atoms with Crippen molar-refractivity contribution in [1.82, 2.24) is 0 Å². The van der Waals surface area contributed by atoms with E-state index in [0.29, 0.717) is 19.3 Å². The summed E-state index contributed by atoms with van der Waals surface area (Å²) >= 11 is 0. The lowest BCUT2D eigenvalue weighted by atomic mass is 9.92. The molecule has 2 saturated carbocycles. The maximum absolute atomic E-state index is 15.2. The summed E-state index contributed by atoms with van der Waals surface area (Å²) in [4.78, 5) is 28.5. The fourth-order valence-corrected chi connectivity index (χ4v) is 10.8. The largest absolute Gasteiger partial charge is 0.632 e. The molecule has 4 fully saturated rings. The minimum Gasteiger partial charge on any atom is -0.632 e. The maximum atomic E-state index is 15.2. The predicted octanol–water partition coefficient (Wildman–Crippen LogP) is 9.66. The fourth-order valence-electron chi connectivity index (χ4n) is 10.8. The summed E-state index contributed by atoms with van der Waals surface area (Å²) in [7, 11) is 0. The SMILES string of the molecule is CC(C)c1cccc(C(C)C)c1NC(=O)[C@@H]1C[C@@H]2CCC[C@@H]2[N+]1([O-])CCC[N+]1([O-])[C@H](C(=O)Nc2c(C(C)C)cccc2C(C)C)C[C@@H]2CCC[C@@H]21. The number of anilines is 2. The van der Waals surface area contributed by atoms with Crippen molar-refractivity contribution in [1.29, 1.82) is 0 Å². The predicted molar refractivity (Wildman–Crippen MR) is 207 cm³/mol. The third kappa shape index (κ3) is 7.03. The second-order valence-corrected chi connectivity index (χ2v) is 17.7. The summed E-state index contributed by atoms with van der Waals surface area (Å²) in [6, 6.07) is 10.8. The highest BCUT2D eigenvalue weighted by atomic mass is 16.6. The smallest absolute Gasteiger partial charge is 0.283 e. The summed E-state index contributed by atoms with van der Waals surface area (Å²) in [5.74, 6) is 1.02. The van der Waals surface area contributed by atoms with Crippen molar-refractivity contribution < 1.29 is 18.9 Å². The molecule has 2 unspecified atom stereocenters. The molecule has 6 rings (SSSR count). The van der Waals surface area contributed by atoms with E-state index in [4.69, 9.17) is 0 Å². The Balaban J connectivity index is 1.23. The number of para-hydroxylation sites is 2. The zero-order valence-electron chi connectivity index (χ0n) is 32.5. The number of quaternary nitrogens is 2. The monoisotopic (exact) mass is 700 g/mol. The van der Waals surface area contributed by atoms with E-state index in [2.05, 4.69) is 102 Å². The molecule has 2 aromatic carbocycles. The molecule has 0 radical (unpaired) electrons. The molecule has 8 atom stereocenters. The van der Waals surface area contributed by atoms with Gasteiger partial charge in [0.15, 0.2) is 12.1 Å². The number of likely N-dealkylation sites (tertiary alicyclic amines) is 2. The number of hydrogen-bond acceptors (Lipinski definition) is 4. The number of benzene rings is 2. The van der Waals surface area contributed by atoms with Gasteiger partial charge in [-0.25, -0.2) is 0 Å². The molecule has 280 valence electrons. The van der Waals surface area contributed by atoms with Gasteiger partial charge in [0.25, 0.3) is 11.8 Å². The van der Waals surface area contributed by atoms with Crippen LogP contribution in [0.3, 0.4) is 0 Å². The number of fused-ring (bicyclic) bond motifs is 2. The number of carbonyl (C=O) groups excluding carboxylic acids is 2. The Labute approximate surface area is 307 Å². The highest BCUT2D eigenvalue weighted by Crippen LogP contribution is 2.49. The lowest BCUT2D eigenvalue weighted by Crippen LogP contribution is -2.60. The van der Waals surface area contributed by atoms with E-state index in [1.807, 2.05) is 0 Å². The van der Waals surface area contributed by atoms with Gasteiger partial charge in [-0.3, -0.25) is 9.59 Å². The summed E-state index contributed by atoms with van der Waals surface area (Å²) in [6.45, 7) is 17.6. The van der Waals surface area contributed by atoms with Crippen LogP contribution in [0.25, 0.3) is 0 Å².